The van der Waals surface area contributed by atoms with Gasteiger partial charge in [-0.2, -0.15) is 0 Å². The summed E-state index contributed by atoms with van der Waals surface area (Å²) in [6.07, 6.45) is 3.05. The van der Waals surface area contributed by atoms with Crippen molar-refractivity contribution in [3.8, 4) is 5.75 Å². The Hall–Kier alpha value is -2.04. The molecule has 1 heterocycles. The largest absolute Gasteiger partial charge is 0.494 e. The van der Waals surface area contributed by atoms with E-state index in [4.69, 9.17) is 4.74 Å². The standard InChI is InChI=1S/C17H24N2O3/c1-3-22-15-9-7-14(8-10-15)18-16(20)12-13-6-4-5-11-19(2)17(13)21/h7-10,13H,3-6,11-12H2,1-2H3,(H,18,20). The third-order valence-corrected chi connectivity index (χ3v) is 3.90. The van der Waals surface area contributed by atoms with Crippen LogP contribution in [0.25, 0.3) is 0 Å². The lowest BCUT2D eigenvalue weighted by Crippen LogP contribution is -2.33. The third-order valence-electron chi connectivity index (χ3n) is 3.90. The van der Waals surface area contributed by atoms with E-state index in [1.165, 1.54) is 0 Å². The normalized spacial score (nSPS) is 18.7. The summed E-state index contributed by atoms with van der Waals surface area (Å²) in [5.41, 5.74) is 0.725. The monoisotopic (exact) mass is 304 g/mol. The van der Waals surface area contributed by atoms with Crippen molar-refractivity contribution in [3.63, 3.8) is 0 Å². The summed E-state index contributed by atoms with van der Waals surface area (Å²) in [5, 5.41) is 2.85. The Morgan fingerprint density at radius 3 is 2.73 bits per heavy atom. The number of nitrogens with one attached hydrogen (secondary N) is 1. The number of carbonyl (C=O) groups excluding carboxylic acids is 2. The summed E-state index contributed by atoms with van der Waals surface area (Å²) >= 11 is 0. The molecule has 1 aromatic carbocycles. The van der Waals surface area contributed by atoms with E-state index >= 15 is 0 Å². The van der Waals surface area contributed by atoms with Gasteiger partial charge in [-0.3, -0.25) is 9.59 Å². The van der Waals surface area contributed by atoms with E-state index in [0.717, 1.165) is 37.2 Å². The minimum Gasteiger partial charge on any atom is -0.494 e. The molecule has 5 heteroatoms. The van der Waals surface area contributed by atoms with Crippen molar-refractivity contribution in [2.75, 3.05) is 25.5 Å². The van der Waals surface area contributed by atoms with Gasteiger partial charge in [0, 0.05) is 31.6 Å². The molecule has 120 valence electrons. The van der Waals surface area contributed by atoms with E-state index in [1.807, 2.05) is 38.2 Å². The smallest absolute Gasteiger partial charge is 0.225 e. The van der Waals surface area contributed by atoms with Crippen LogP contribution in [0, 0.1) is 5.92 Å². The number of nitrogens with zero attached hydrogens (tertiary/aromatic N) is 1. The molecule has 1 aromatic rings. The highest BCUT2D eigenvalue weighted by atomic mass is 16.5. The predicted octanol–water partition coefficient (Wildman–Crippen LogP) is 2.67. The van der Waals surface area contributed by atoms with Crippen LogP contribution in [0.15, 0.2) is 24.3 Å². The molecule has 0 aromatic heterocycles. The molecule has 1 saturated heterocycles. The average molecular weight is 304 g/mol. The maximum atomic E-state index is 12.2. The maximum absolute atomic E-state index is 12.2. The molecule has 5 nitrogen and oxygen atoms in total. The van der Waals surface area contributed by atoms with Crippen LogP contribution in [0.2, 0.25) is 0 Å². The molecule has 2 rings (SSSR count). The van der Waals surface area contributed by atoms with Crippen molar-refractivity contribution in [1.82, 2.24) is 4.90 Å². The van der Waals surface area contributed by atoms with Crippen LogP contribution in [0.1, 0.15) is 32.6 Å². The van der Waals surface area contributed by atoms with Crippen molar-refractivity contribution in [3.05, 3.63) is 24.3 Å². The highest BCUT2D eigenvalue weighted by molar-refractivity contribution is 5.94. The maximum Gasteiger partial charge on any atom is 0.225 e. The molecule has 0 aliphatic carbocycles. The summed E-state index contributed by atoms with van der Waals surface area (Å²) in [6, 6.07) is 7.27. The van der Waals surface area contributed by atoms with Crippen LogP contribution in [-0.2, 0) is 9.59 Å². The minimum absolute atomic E-state index is 0.0827. The molecule has 2 amide bonds. The average Bonchev–Trinajstić information content (AvgIpc) is 2.65. The van der Waals surface area contributed by atoms with Gasteiger partial charge in [-0.25, -0.2) is 0 Å². The number of ether oxygens (including phenoxy) is 1. The topological polar surface area (TPSA) is 58.6 Å². The van der Waals surface area contributed by atoms with Gasteiger partial charge in [-0.1, -0.05) is 6.42 Å². The molecule has 0 radical (unpaired) electrons. The van der Waals surface area contributed by atoms with E-state index in [9.17, 15) is 9.59 Å². The molecule has 22 heavy (non-hydrogen) atoms. The highest BCUT2D eigenvalue weighted by Crippen LogP contribution is 2.21. The van der Waals surface area contributed by atoms with Crippen LogP contribution in [-0.4, -0.2) is 36.9 Å². The molecule has 1 N–H and O–H groups in total. The van der Waals surface area contributed by atoms with E-state index < -0.39 is 0 Å². The Morgan fingerprint density at radius 2 is 2.05 bits per heavy atom. The van der Waals surface area contributed by atoms with E-state index in [-0.39, 0.29) is 24.2 Å². The second-order valence-corrected chi connectivity index (χ2v) is 5.66. The molecule has 1 fully saturated rings. The Bertz CT molecular complexity index is 513. The van der Waals surface area contributed by atoms with Gasteiger partial charge in [0.1, 0.15) is 5.75 Å². The van der Waals surface area contributed by atoms with Gasteiger partial charge in [0.15, 0.2) is 0 Å². The first-order chi connectivity index (χ1) is 10.6. The number of amides is 2. The Labute approximate surface area is 131 Å². The van der Waals surface area contributed by atoms with Crippen molar-refractivity contribution >= 4 is 17.5 Å². The first kappa shape index (κ1) is 16.3. The molecule has 0 bridgehead atoms. The number of hydrogen-bond donors (Lipinski definition) is 1. The fourth-order valence-electron chi connectivity index (χ4n) is 2.71. The lowest BCUT2D eigenvalue weighted by Gasteiger charge is -2.19. The number of carbonyl (C=O) groups is 2. The van der Waals surface area contributed by atoms with Crippen molar-refractivity contribution in [2.24, 2.45) is 5.92 Å². The minimum atomic E-state index is -0.199. The molecular weight excluding hydrogens is 280 g/mol. The second kappa shape index (κ2) is 7.82. The molecule has 1 unspecified atom stereocenters. The van der Waals surface area contributed by atoms with E-state index in [1.54, 1.807) is 4.90 Å². The quantitative estimate of drug-likeness (QED) is 0.910. The Kier molecular flexibility index (Phi) is 5.81. The van der Waals surface area contributed by atoms with Gasteiger partial charge in [0.25, 0.3) is 0 Å². The molecule has 1 aliphatic rings. The van der Waals surface area contributed by atoms with Gasteiger partial charge in [0.2, 0.25) is 11.8 Å². The molecule has 1 atom stereocenters. The molecular formula is C17H24N2O3. The highest BCUT2D eigenvalue weighted by Gasteiger charge is 2.26. The van der Waals surface area contributed by atoms with Crippen molar-refractivity contribution in [1.29, 1.82) is 0 Å². The first-order valence-corrected chi connectivity index (χ1v) is 7.88. The van der Waals surface area contributed by atoms with Crippen LogP contribution in [0.5, 0.6) is 5.75 Å². The van der Waals surface area contributed by atoms with Crippen molar-refractivity contribution in [2.45, 2.75) is 32.6 Å². The number of anilines is 1. The van der Waals surface area contributed by atoms with Gasteiger partial charge < -0.3 is 15.0 Å². The number of likely N-dealkylation sites (tertiary alicyclic amines) is 1. The van der Waals surface area contributed by atoms with E-state index in [2.05, 4.69) is 5.32 Å². The molecule has 0 saturated carbocycles. The summed E-state index contributed by atoms with van der Waals surface area (Å²) in [4.78, 5) is 26.1. The van der Waals surface area contributed by atoms with Crippen LogP contribution < -0.4 is 10.1 Å². The van der Waals surface area contributed by atoms with Crippen LogP contribution >= 0.6 is 0 Å². The number of benzene rings is 1. The molecule has 0 spiro atoms. The zero-order valence-corrected chi connectivity index (χ0v) is 13.3. The first-order valence-electron chi connectivity index (χ1n) is 7.88. The third kappa shape index (κ3) is 4.48. The summed E-state index contributed by atoms with van der Waals surface area (Å²) in [7, 11) is 1.81. The summed E-state index contributed by atoms with van der Waals surface area (Å²) in [5.74, 6) is 0.549. The van der Waals surface area contributed by atoms with Gasteiger partial charge >= 0.3 is 0 Å². The Morgan fingerprint density at radius 1 is 1.32 bits per heavy atom. The van der Waals surface area contributed by atoms with Gasteiger partial charge in [-0.05, 0) is 44.0 Å². The van der Waals surface area contributed by atoms with Crippen LogP contribution in [0.4, 0.5) is 5.69 Å². The zero-order chi connectivity index (χ0) is 15.9. The zero-order valence-electron chi connectivity index (χ0n) is 13.3. The second-order valence-electron chi connectivity index (χ2n) is 5.66. The van der Waals surface area contributed by atoms with Gasteiger partial charge in [-0.15, -0.1) is 0 Å². The number of hydrogen-bond acceptors (Lipinski definition) is 3. The SMILES string of the molecule is CCOc1ccc(NC(=O)CC2CCCCN(C)C2=O)cc1. The summed E-state index contributed by atoms with van der Waals surface area (Å²) in [6.45, 7) is 3.33. The lowest BCUT2D eigenvalue weighted by molar-refractivity contribution is -0.135. The van der Waals surface area contributed by atoms with Crippen LogP contribution in [0.3, 0.4) is 0 Å². The fraction of sp³-hybridized carbons (Fsp3) is 0.529. The number of rotatable bonds is 5. The lowest BCUT2D eigenvalue weighted by atomic mass is 9.98. The van der Waals surface area contributed by atoms with Gasteiger partial charge in [0.05, 0.1) is 6.61 Å². The van der Waals surface area contributed by atoms with Crippen molar-refractivity contribution < 1.29 is 14.3 Å². The molecule has 1 aliphatic heterocycles. The fourth-order valence-corrected chi connectivity index (χ4v) is 2.71. The summed E-state index contributed by atoms with van der Waals surface area (Å²) < 4.78 is 5.36. The predicted molar refractivity (Wildman–Crippen MR) is 85.8 cm³/mol. The Balaban J connectivity index is 1.90. The van der Waals surface area contributed by atoms with E-state index in [0.29, 0.717) is 6.61 Å².